The van der Waals surface area contributed by atoms with E-state index in [9.17, 15) is 18.3 Å². The maximum Gasteiger partial charge on any atom is 0.419 e. The van der Waals surface area contributed by atoms with E-state index in [0.29, 0.717) is 24.2 Å². The number of hydrogen-bond donors (Lipinski definition) is 2. The normalized spacial score (nSPS) is 11.8. The molecule has 0 aliphatic heterocycles. The minimum Gasteiger partial charge on any atom is -0.507 e. The van der Waals surface area contributed by atoms with Gasteiger partial charge in [-0.05, 0) is 17.7 Å². The Bertz CT molecular complexity index is 578. The maximum atomic E-state index is 12.7. The van der Waals surface area contributed by atoms with E-state index in [-0.39, 0.29) is 0 Å². The van der Waals surface area contributed by atoms with Gasteiger partial charge in [0.25, 0.3) is 0 Å². The molecule has 1 aromatic carbocycles. The number of benzene rings is 1. The van der Waals surface area contributed by atoms with E-state index in [2.05, 4.69) is 5.10 Å². The molecule has 3 N–H and O–H groups in total. The van der Waals surface area contributed by atoms with E-state index in [1.165, 1.54) is 12.3 Å². The summed E-state index contributed by atoms with van der Waals surface area (Å²) in [4.78, 5) is 0. The number of phenolic OH excluding ortho intramolecular Hbond substituents is 1. The predicted octanol–water partition coefficient (Wildman–Crippen LogP) is 2.23. The van der Waals surface area contributed by atoms with Crippen LogP contribution >= 0.6 is 0 Å². The van der Waals surface area contributed by atoms with Crippen LogP contribution in [0.2, 0.25) is 0 Å². The first kappa shape index (κ1) is 13.4. The molecule has 7 heteroatoms. The van der Waals surface area contributed by atoms with Crippen LogP contribution in [0.25, 0.3) is 11.1 Å². The van der Waals surface area contributed by atoms with Gasteiger partial charge in [-0.2, -0.15) is 18.3 Å². The lowest BCUT2D eigenvalue weighted by Crippen LogP contribution is -2.09. The summed E-state index contributed by atoms with van der Waals surface area (Å²) in [5.74, 6) is -0.786. The lowest BCUT2D eigenvalue weighted by Gasteiger charge is -2.10. The smallest absolute Gasteiger partial charge is 0.419 e. The van der Waals surface area contributed by atoms with Crippen molar-refractivity contribution in [3.63, 3.8) is 0 Å². The molecule has 2 rings (SSSR count). The molecule has 0 aliphatic carbocycles. The van der Waals surface area contributed by atoms with Crippen molar-refractivity contribution < 1.29 is 18.3 Å². The molecular formula is C12H12F3N3O. The summed E-state index contributed by atoms with van der Waals surface area (Å²) in [5.41, 5.74) is 5.19. The van der Waals surface area contributed by atoms with Crippen LogP contribution in [0.1, 0.15) is 5.56 Å². The minimum absolute atomic E-state index is 0.341. The fourth-order valence-electron chi connectivity index (χ4n) is 1.71. The molecule has 0 bridgehead atoms. The summed E-state index contributed by atoms with van der Waals surface area (Å²) in [6.45, 7) is 0.884. The number of nitrogens with zero attached hydrogens (tertiary/aromatic N) is 2. The Hall–Kier alpha value is -2.02. The molecule has 19 heavy (non-hydrogen) atoms. The summed E-state index contributed by atoms with van der Waals surface area (Å²) >= 11 is 0. The van der Waals surface area contributed by atoms with Crippen LogP contribution in [0.15, 0.2) is 30.6 Å². The third-order valence-corrected chi connectivity index (χ3v) is 2.63. The first-order chi connectivity index (χ1) is 8.91. The van der Waals surface area contributed by atoms with Crippen molar-refractivity contribution in [3.8, 4) is 16.9 Å². The molecule has 0 atom stereocenters. The monoisotopic (exact) mass is 271 g/mol. The molecule has 0 aliphatic rings. The van der Waals surface area contributed by atoms with E-state index < -0.39 is 17.5 Å². The van der Waals surface area contributed by atoms with Gasteiger partial charge < -0.3 is 10.8 Å². The van der Waals surface area contributed by atoms with Gasteiger partial charge in [-0.3, -0.25) is 4.68 Å². The van der Waals surface area contributed by atoms with Gasteiger partial charge in [0.05, 0.1) is 18.3 Å². The molecule has 0 spiro atoms. The molecule has 0 unspecified atom stereocenters. The van der Waals surface area contributed by atoms with Crippen LogP contribution in [-0.2, 0) is 12.7 Å². The topological polar surface area (TPSA) is 64.1 Å². The van der Waals surface area contributed by atoms with Gasteiger partial charge in [0, 0.05) is 18.3 Å². The van der Waals surface area contributed by atoms with Gasteiger partial charge in [-0.15, -0.1) is 0 Å². The predicted molar refractivity (Wildman–Crippen MR) is 63.4 cm³/mol. The molecule has 1 aromatic heterocycles. The zero-order valence-corrected chi connectivity index (χ0v) is 9.85. The van der Waals surface area contributed by atoms with Crippen molar-refractivity contribution in [1.29, 1.82) is 0 Å². The van der Waals surface area contributed by atoms with E-state index in [4.69, 9.17) is 5.73 Å². The Morgan fingerprint density at radius 3 is 2.63 bits per heavy atom. The molecule has 0 amide bonds. The Labute approximate surface area is 107 Å². The number of nitrogens with two attached hydrogens (primary N) is 1. The maximum absolute atomic E-state index is 12.7. The number of hydrogen-bond acceptors (Lipinski definition) is 3. The van der Waals surface area contributed by atoms with Gasteiger partial charge in [0.2, 0.25) is 0 Å². The van der Waals surface area contributed by atoms with Gasteiger partial charge in [0.15, 0.2) is 0 Å². The molecule has 1 heterocycles. The highest BCUT2D eigenvalue weighted by Crippen LogP contribution is 2.37. The fourth-order valence-corrected chi connectivity index (χ4v) is 1.71. The second kappa shape index (κ2) is 4.93. The number of alkyl halides is 3. The van der Waals surface area contributed by atoms with Crippen LogP contribution in [-0.4, -0.2) is 21.4 Å². The van der Waals surface area contributed by atoms with Gasteiger partial charge >= 0.3 is 6.18 Å². The molecule has 0 saturated heterocycles. The van der Waals surface area contributed by atoms with Crippen molar-refractivity contribution in [2.75, 3.05) is 6.54 Å². The van der Waals surface area contributed by atoms with Crippen LogP contribution in [0.5, 0.6) is 5.75 Å². The summed E-state index contributed by atoms with van der Waals surface area (Å²) in [6, 6.07) is 3.34. The summed E-state index contributed by atoms with van der Waals surface area (Å²) in [5, 5.41) is 13.2. The van der Waals surface area contributed by atoms with E-state index in [1.54, 1.807) is 10.9 Å². The lowest BCUT2D eigenvalue weighted by atomic mass is 10.1. The highest BCUT2D eigenvalue weighted by atomic mass is 19.4. The van der Waals surface area contributed by atoms with Crippen LogP contribution in [0.4, 0.5) is 13.2 Å². The molecule has 4 nitrogen and oxygen atoms in total. The second-order valence-electron chi connectivity index (χ2n) is 4.01. The molecule has 0 saturated carbocycles. The van der Waals surface area contributed by atoms with Gasteiger partial charge in [0.1, 0.15) is 5.75 Å². The number of aromatic nitrogens is 2. The lowest BCUT2D eigenvalue weighted by molar-refractivity contribution is -0.138. The number of phenols is 1. The largest absolute Gasteiger partial charge is 0.507 e. The first-order valence-corrected chi connectivity index (χ1v) is 5.55. The average molecular weight is 271 g/mol. The third kappa shape index (κ3) is 2.87. The van der Waals surface area contributed by atoms with E-state index in [0.717, 1.165) is 12.1 Å². The van der Waals surface area contributed by atoms with E-state index >= 15 is 0 Å². The Kier molecular flexibility index (Phi) is 3.48. The second-order valence-corrected chi connectivity index (χ2v) is 4.01. The SMILES string of the molecule is NCCn1cc(-c2ccc(O)c(C(F)(F)F)c2)cn1. The highest BCUT2D eigenvalue weighted by Gasteiger charge is 2.34. The van der Waals surface area contributed by atoms with Crippen molar-refractivity contribution in [1.82, 2.24) is 9.78 Å². The first-order valence-electron chi connectivity index (χ1n) is 5.55. The molecular weight excluding hydrogens is 259 g/mol. The molecule has 2 aromatic rings. The summed E-state index contributed by atoms with van der Waals surface area (Å²) in [6.07, 6.45) is -1.52. The third-order valence-electron chi connectivity index (χ3n) is 2.63. The van der Waals surface area contributed by atoms with Crippen LogP contribution in [0.3, 0.4) is 0 Å². The summed E-state index contributed by atoms with van der Waals surface area (Å²) in [7, 11) is 0. The summed E-state index contributed by atoms with van der Waals surface area (Å²) < 4.78 is 39.6. The Balaban J connectivity index is 2.39. The van der Waals surface area contributed by atoms with Gasteiger partial charge in [-0.1, -0.05) is 6.07 Å². The van der Waals surface area contributed by atoms with Crippen molar-refractivity contribution >= 4 is 0 Å². The van der Waals surface area contributed by atoms with E-state index in [1.807, 2.05) is 0 Å². The number of rotatable bonds is 3. The standard InChI is InChI=1S/C12H12F3N3O/c13-12(14,15)10-5-8(1-2-11(10)19)9-6-17-18(7-9)4-3-16/h1-2,5-7,19H,3-4,16H2. The Morgan fingerprint density at radius 1 is 1.26 bits per heavy atom. The number of halogens is 3. The van der Waals surface area contributed by atoms with Crippen molar-refractivity contribution in [2.45, 2.75) is 12.7 Å². The fraction of sp³-hybridized carbons (Fsp3) is 0.250. The average Bonchev–Trinajstić information content (AvgIpc) is 2.77. The van der Waals surface area contributed by atoms with Crippen molar-refractivity contribution in [2.24, 2.45) is 5.73 Å². The quantitative estimate of drug-likeness (QED) is 0.899. The minimum atomic E-state index is -4.59. The molecule has 102 valence electrons. The molecule has 0 radical (unpaired) electrons. The Morgan fingerprint density at radius 2 is 2.00 bits per heavy atom. The zero-order valence-electron chi connectivity index (χ0n) is 9.85. The molecule has 0 fully saturated rings. The van der Waals surface area contributed by atoms with Crippen LogP contribution < -0.4 is 5.73 Å². The number of aromatic hydroxyl groups is 1. The highest BCUT2D eigenvalue weighted by molar-refractivity contribution is 5.64. The van der Waals surface area contributed by atoms with Gasteiger partial charge in [-0.25, -0.2) is 0 Å². The zero-order chi connectivity index (χ0) is 14.0. The van der Waals surface area contributed by atoms with Crippen LogP contribution in [0, 0.1) is 0 Å². The van der Waals surface area contributed by atoms with Crippen molar-refractivity contribution in [3.05, 3.63) is 36.2 Å².